The molecule has 2 unspecified atom stereocenters. The number of aromatic amines is 1. The van der Waals surface area contributed by atoms with Gasteiger partial charge in [-0.2, -0.15) is 0 Å². The standard InChI is InChI=1S/C21H25N3O3/c1-21(24-20(26)27,11-16-12-23-18-10-6-5-9-17(16)18)14-22-13-19(25)15-7-3-2-4-8-15/h2-10,12,19,22-25H,11,13-14H2,1H3,(H,26,27). The summed E-state index contributed by atoms with van der Waals surface area (Å²) in [5.74, 6) is 0. The molecular weight excluding hydrogens is 342 g/mol. The molecule has 1 amide bonds. The Kier molecular flexibility index (Phi) is 5.78. The molecule has 0 aliphatic carbocycles. The van der Waals surface area contributed by atoms with Crippen molar-refractivity contribution in [3.63, 3.8) is 0 Å². The molecule has 0 bridgehead atoms. The number of carbonyl (C=O) groups is 1. The Morgan fingerprint density at radius 2 is 1.85 bits per heavy atom. The summed E-state index contributed by atoms with van der Waals surface area (Å²) in [5, 5.41) is 26.5. The normalized spacial score (nSPS) is 14.6. The Bertz CT molecular complexity index is 894. The molecular formula is C21H25N3O3. The fraction of sp³-hybridized carbons (Fsp3) is 0.286. The molecule has 3 aromatic rings. The first-order valence-electron chi connectivity index (χ1n) is 8.97. The average Bonchev–Trinajstić information content (AvgIpc) is 3.04. The van der Waals surface area contributed by atoms with Crippen LogP contribution in [0.2, 0.25) is 0 Å². The number of aromatic nitrogens is 1. The Morgan fingerprint density at radius 3 is 2.59 bits per heavy atom. The van der Waals surface area contributed by atoms with E-state index in [2.05, 4.69) is 15.6 Å². The predicted octanol–water partition coefficient (Wildman–Crippen LogP) is 3.06. The molecule has 0 radical (unpaired) electrons. The minimum absolute atomic E-state index is 0.342. The maximum atomic E-state index is 11.3. The van der Waals surface area contributed by atoms with Gasteiger partial charge in [-0.1, -0.05) is 48.5 Å². The van der Waals surface area contributed by atoms with E-state index in [4.69, 9.17) is 0 Å². The summed E-state index contributed by atoms with van der Waals surface area (Å²) in [6, 6.07) is 17.3. The van der Waals surface area contributed by atoms with E-state index in [1.807, 2.05) is 67.7 Å². The van der Waals surface area contributed by atoms with Gasteiger partial charge in [0.15, 0.2) is 0 Å². The van der Waals surface area contributed by atoms with Crippen LogP contribution in [0.25, 0.3) is 10.9 Å². The Balaban J connectivity index is 1.68. The topological polar surface area (TPSA) is 97.4 Å². The van der Waals surface area contributed by atoms with Crippen LogP contribution in [-0.4, -0.2) is 39.9 Å². The van der Waals surface area contributed by atoms with E-state index in [9.17, 15) is 15.0 Å². The molecule has 6 nitrogen and oxygen atoms in total. The maximum Gasteiger partial charge on any atom is 0.405 e. The fourth-order valence-corrected chi connectivity index (χ4v) is 3.39. The minimum atomic E-state index is -1.07. The van der Waals surface area contributed by atoms with E-state index in [-0.39, 0.29) is 0 Å². The van der Waals surface area contributed by atoms with Crippen LogP contribution in [0.3, 0.4) is 0 Å². The summed E-state index contributed by atoms with van der Waals surface area (Å²) < 4.78 is 0. The quantitative estimate of drug-likeness (QED) is 0.423. The minimum Gasteiger partial charge on any atom is -0.465 e. The second kappa shape index (κ2) is 8.24. The van der Waals surface area contributed by atoms with Gasteiger partial charge in [0.25, 0.3) is 0 Å². The maximum absolute atomic E-state index is 11.3. The van der Waals surface area contributed by atoms with Gasteiger partial charge < -0.3 is 25.8 Å². The van der Waals surface area contributed by atoms with Gasteiger partial charge in [0.2, 0.25) is 0 Å². The van der Waals surface area contributed by atoms with Crippen LogP contribution in [0.1, 0.15) is 24.2 Å². The molecule has 0 aliphatic heterocycles. The lowest BCUT2D eigenvalue weighted by molar-refractivity contribution is 0.163. The molecule has 0 saturated heterocycles. The van der Waals surface area contributed by atoms with E-state index >= 15 is 0 Å². The van der Waals surface area contributed by atoms with Crippen LogP contribution in [0.4, 0.5) is 4.79 Å². The molecule has 27 heavy (non-hydrogen) atoms. The van der Waals surface area contributed by atoms with E-state index in [0.717, 1.165) is 22.0 Å². The number of para-hydroxylation sites is 1. The Morgan fingerprint density at radius 1 is 1.15 bits per heavy atom. The van der Waals surface area contributed by atoms with Crippen LogP contribution < -0.4 is 10.6 Å². The molecule has 5 N–H and O–H groups in total. The van der Waals surface area contributed by atoms with Crippen molar-refractivity contribution in [1.29, 1.82) is 0 Å². The van der Waals surface area contributed by atoms with Crippen LogP contribution in [0.15, 0.2) is 60.8 Å². The lowest BCUT2D eigenvalue weighted by atomic mass is 9.92. The largest absolute Gasteiger partial charge is 0.465 e. The lowest BCUT2D eigenvalue weighted by Gasteiger charge is -2.30. The number of amides is 1. The van der Waals surface area contributed by atoms with Crippen LogP contribution in [0.5, 0.6) is 0 Å². The number of rotatable bonds is 8. The van der Waals surface area contributed by atoms with Crippen molar-refractivity contribution < 1.29 is 15.0 Å². The van der Waals surface area contributed by atoms with Gasteiger partial charge in [-0.15, -0.1) is 0 Å². The number of aliphatic hydroxyl groups excluding tert-OH is 1. The van der Waals surface area contributed by atoms with Gasteiger partial charge in [-0.3, -0.25) is 0 Å². The highest BCUT2D eigenvalue weighted by Gasteiger charge is 2.28. The fourth-order valence-electron chi connectivity index (χ4n) is 3.39. The third-order valence-corrected chi connectivity index (χ3v) is 4.70. The zero-order chi connectivity index (χ0) is 19.3. The number of H-pyrrole nitrogens is 1. The van der Waals surface area contributed by atoms with Crippen molar-refractivity contribution in [1.82, 2.24) is 15.6 Å². The van der Waals surface area contributed by atoms with Crippen molar-refractivity contribution in [2.24, 2.45) is 0 Å². The molecule has 3 rings (SSSR count). The highest BCUT2D eigenvalue weighted by atomic mass is 16.4. The van der Waals surface area contributed by atoms with Gasteiger partial charge >= 0.3 is 6.09 Å². The zero-order valence-corrected chi connectivity index (χ0v) is 15.3. The van der Waals surface area contributed by atoms with Gasteiger partial charge in [-0.05, 0) is 30.5 Å². The Labute approximate surface area is 158 Å². The van der Waals surface area contributed by atoms with Crippen molar-refractivity contribution in [3.8, 4) is 0 Å². The molecule has 0 spiro atoms. The predicted molar refractivity (Wildman–Crippen MR) is 106 cm³/mol. The third-order valence-electron chi connectivity index (χ3n) is 4.70. The van der Waals surface area contributed by atoms with Crippen LogP contribution in [0, 0.1) is 0 Å². The number of nitrogens with one attached hydrogen (secondary N) is 3. The van der Waals surface area contributed by atoms with Gasteiger partial charge in [0, 0.05) is 30.2 Å². The molecule has 2 atom stereocenters. The van der Waals surface area contributed by atoms with Crippen molar-refractivity contribution in [2.75, 3.05) is 13.1 Å². The molecule has 0 fully saturated rings. The lowest BCUT2D eigenvalue weighted by Crippen LogP contribution is -2.54. The van der Waals surface area contributed by atoms with Gasteiger partial charge in [0.1, 0.15) is 0 Å². The summed E-state index contributed by atoms with van der Waals surface area (Å²) in [6.07, 6.45) is 0.735. The molecule has 2 aromatic carbocycles. The van der Waals surface area contributed by atoms with E-state index < -0.39 is 17.7 Å². The van der Waals surface area contributed by atoms with Crippen molar-refractivity contribution in [3.05, 3.63) is 71.9 Å². The second-order valence-corrected chi connectivity index (χ2v) is 7.08. The highest BCUT2D eigenvalue weighted by Crippen LogP contribution is 2.22. The molecule has 0 saturated carbocycles. The summed E-state index contributed by atoms with van der Waals surface area (Å²) in [7, 11) is 0. The summed E-state index contributed by atoms with van der Waals surface area (Å²) in [5.41, 5.74) is 2.19. The number of fused-ring (bicyclic) bond motifs is 1. The number of hydrogen-bond acceptors (Lipinski definition) is 3. The number of hydrogen-bond donors (Lipinski definition) is 5. The van der Waals surface area contributed by atoms with Crippen molar-refractivity contribution >= 4 is 17.0 Å². The molecule has 0 aliphatic rings. The third kappa shape index (κ3) is 4.87. The second-order valence-electron chi connectivity index (χ2n) is 7.08. The SMILES string of the molecule is CC(CNCC(O)c1ccccc1)(Cc1c[nH]c2ccccc12)NC(=O)O. The number of aliphatic hydroxyl groups is 1. The molecule has 6 heteroatoms. The van der Waals surface area contributed by atoms with Crippen LogP contribution in [-0.2, 0) is 6.42 Å². The first-order chi connectivity index (χ1) is 13.0. The average molecular weight is 367 g/mol. The van der Waals surface area contributed by atoms with E-state index in [1.165, 1.54) is 0 Å². The molecule has 142 valence electrons. The molecule has 1 heterocycles. The monoisotopic (exact) mass is 367 g/mol. The highest BCUT2D eigenvalue weighted by molar-refractivity contribution is 5.83. The molecule has 1 aromatic heterocycles. The van der Waals surface area contributed by atoms with Crippen LogP contribution >= 0.6 is 0 Å². The Hall–Kier alpha value is -2.83. The first-order valence-corrected chi connectivity index (χ1v) is 8.97. The van der Waals surface area contributed by atoms with Gasteiger partial charge in [-0.25, -0.2) is 4.79 Å². The smallest absolute Gasteiger partial charge is 0.405 e. The summed E-state index contributed by atoms with van der Waals surface area (Å²) >= 11 is 0. The van der Waals surface area contributed by atoms with Gasteiger partial charge in [0.05, 0.1) is 11.6 Å². The zero-order valence-electron chi connectivity index (χ0n) is 15.3. The van der Waals surface area contributed by atoms with E-state index in [1.54, 1.807) is 0 Å². The summed E-state index contributed by atoms with van der Waals surface area (Å²) in [4.78, 5) is 14.6. The van der Waals surface area contributed by atoms with E-state index in [0.29, 0.717) is 19.5 Å². The first kappa shape index (κ1) is 18.9. The summed E-state index contributed by atoms with van der Waals surface area (Å²) in [6.45, 7) is 2.60. The number of benzene rings is 2. The number of carboxylic acid groups (broad SMARTS) is 1. The van der Waals surface area contributed by atoms with Crippen molar-refractivity contribution in [2.45, 2.75) is 25.0 Å².